The molecule has 0 aliphatic rings. The van der Waals surface area contributed by atoms with E-state index in [1.165, 1.54) is 6.07 Å². The molecule has 29 heavy (non-hydrogen) atoms. The summed E-state index contributed by atoms with van der Waals surface area (Å²) in [6.45, 7) is 0.396. The molecule has 0 spiro atoms. The van der Waals surface area contributed by atoms with Gasteiger partial charge in [0.25, 0.3) is 5.91 Å². The maximum absolute atomic E-state index is 13.0. The fraction of sp³-hybridized carbons (Fsp3) is 0.0435. The van der Waals surface area contributed by atoms with Crippen LogP contribution < -0.4 is 5.32 Å². The molecule has 0 bridgehead atoms. The number of hydrogen-bond donors (Lipinski definition) is 3. The van der Waals surface area contributed by atoms with Gasteiger partial charge in [-0.15, -0.1) is 0 Å². The molecule has 1 heterocycles. The number of aromatic nitrogens is 2. The van der Waals surface area contributed by atoms with Gasteiger partial charge >= 0.3 is 0 Å². The smallest absolute Gasteiger partial charge is 0.255 e. The third-order valence-electron chi connectivity index (χ3n) is 4.47. The Bertz CT molecular complexity index is 1170. The minimum absolute atomic E-state index is 0.0115. The van der Waals surface area contributed by atoms with Crippen molar-refractivity contribution in [2.45, 2.75) is 6.54 Å². The number of H-pyrrole nitrogens is 1. The van der Waals surface area contributed by atoms with E-state index in [0.717, 1.165) is 16.6 Å². The lowest BCUT2D eigenvalue weighted by molar-refractivity contribution is -0.115. The van der Waals surface area contributed by atoms with Crippen LogP contribution in [0.3, 0.4) is 0 Å². The van der Waals surface area contributed by atoms with Crippen LogP contribution in [0.4, 0.5) is 0 Å². The number of hydrogen-bond acceptors (Lipinski definition) is 3. The van der Waals surface area contributed by atoms with Crippen LogP contribution in [0.5, 0.6) is 5.75 Å². The number of carbonyl (C=O) groups is 1. The number of amides is 1. The van der Waals surface area contributed by atoms with Crippen molar-refractivity contribution in [2.75, 3.05) is 0 Å². The highest BCUT2D eigenvalue weighted by Crippen LogP contribution is 2.26. The lowest BCUT2D eigenvalue weighted by Gasteiger charge is -2.08. The summed E-state index contributed by atoms with van der Waals surface area (Å²) < 4.78 is 0. The van der Waals surface area contributed by atoms with Crippen LogP contribution in [0, 0.1) is 0 Å². The molecule has 0 unspecified atom stereocenters. The summed E-state index contributed by atoms with van der Waals surface area (Å²) in [5.41, 5.74) is 3.66. The van der Waals surface area contributed by atoms with E-state index in [2.05, 4.69) is 15.3 Å². The van der Waals surface area contributed by atoms with Gasteiger partial charge in [0.05, 0.1) is 21.6 Å². The quantitative estimate of drug-likeness (QED) is 0.420. The van der Waals surface area contributed by atoms with Gasteiger partial charge in [0, 0.05) is 6.54 Å². The van der Waals surface area contributed by atoms with Gasteiger partial charge in [-0.1, -0.05) is 60.1 Å². The first-order valence-electron chi connectivity index (χ1n) is 9.07. The Balaban J connectivity index is 1.70. The second-order valence-corrected chi connectivity index (χ2v) is 6.95. The van der Waals surface area contributed by atoms with Crippen molar-refractivity contribution in [1.29, 1.82) is 0 Å². The number of nitrogens with one attached hydrogen (secondary N) is 2. The summed E-state index contributed by atoms with van der Waals surface area (Å²) in [4.78, 5) is 20.8. The van der Waals surface area contributed by atoms with Gasteiger partial charge in [0.2, 0.25) is 0 Å². The van der Waals surface area contributed by atoms with Gasteiger partial charge in [-0.25, -0.2) is 4.98 Å². The molecule has 144 valence electrons. The van der Waals surface area contributed by atoms with Crippen LogP contribution in [-0.2, 0) is 11.3 Å². The number of para-hydroxylation sites is 2. The Morgan fingerprint density at radius 3 is 2.59 bits per heavy atom. The highest BCUT2D eigenvalue weighted by molar-refractivity contribution is 6.32. The fourth-order valence-electron chi connectivity index (χ4n) is 2.97. The van der Waals surface area contributed by atoms with Gasteiger partial charge in [0.1, 0.15) is 11.6 Å². The summed E-state index contributed by atoms with van der Waals surface area (Å²) in [5, 5.41) is 12.8. The molecule has 0 atom stereocenters. The van der Waals surface area contributed by atoms with Crippen molar-refractivity contribution >= 4 is 40.2 Å². The summed E-state index contributed by atoms with van der Waals surface area (Å²) in [7, 11) is 0. The number of phenols is 1. The van der Waals surface area contributed by atoms with Crippen LogP contribution in [0.1, 0.15) is 17.0 Å². The summed E-state index contributed by atoms with van der Waals surface area (Å²) in [5.74, 6) is 0.181. The number of rotatable bonds is 5. The minimum Gasteiger partial charge on any atom is -0.506 e. The van der Waals surface area contributed by atoms with E-state index >= 15 is 0 Å². The zero-order valence-corrected chi connectivity index (χ0v) is 16.1. The standard InChI is InChI=1S/C23H18ClN3O2/c24-18-13-16(10-11-21(18)28)12-17(22-26-19-8-4-5-9-20(19)27-22)23(29)25-14-15-6-2-1-3-7-15/h1-13,28H,14H2,(H,25,29)(H,26,27). The third kappa shape index (κ3) is 4.31. The molecule has 0 radical (unpaired) electrons. The van der Waals surface area contributed by atoms with E-state index < -0.39 is 0 Å². The molecular formula is C23H18ClN3O2. The van der Waals surface area contributed by atoms with Gasteiger partial charge in [-0.05, 0) is 41.5 Å². The first-order valence-corrected chi connectivity index (χ1v) is 9.45. The molecule has 4 aromatic rings. The molecule has 0 saturated heterocycles. The van der Waals surface area contributed by atoms with Crippen molar-refractivity contribution in [3.05, 3.63) is 94.8 Å². The Kier molecular flexibility index (Phi) is 5.31. The van der Waals surface area contributed by atoms with Crippen LogP contribution >= 0.6 is 11.6 Å². The lowest BCUT2D eigenvalue weighted by Crippen LogP contribution is -2.24. The van der Waals surface area contributed by atoms with E-state index in [1.807, 2.05) is 54.6 Å². The largest absolute Gasteiger partial charge is 0.506 e. The van der Waals surface area contributed by atoms with Gasteiger partial charge < -0.3 is 15.4 Å². The number of benzene rings is 3. The summed E-state index contributed by atoms with van der Waals surface area (Å²) in [6.07, 6.45) is 1.70. The predicted molar refractivity (Wildman–Crippen MR) is 115 cm³/mol. The normalized spacial score (nSPS) is 11.6. The van der Waals surface area contributed by atoms with Crippen molar-refractivity contribution in [1.82, 2.24) is 15.3 Å². The maximum atomic E-state index is 13.0. The van der Waals surface area contributed by atoms with Crippen LogP contribution in [0.2, 0.25) is 5.02 Å². The number of halogens is 1. The Morgan fingerprint density at radius 2 is 1.83 bits per heavy atom. The maximum Gasteiger partial charge on any atom is 0.255 e. The molecular weight excluding hydrogens is 386 g/mol. The molecule has 1 amide bonds. The van der Waals surface area contributed by atoms with Crippen LogP contribution in [0.15, 0.2) is 72.8 Å². The number of aromatic amines is 1. The summed E-state index contributed by atoms with van der Waals surface area (Å²) in [6, 6.07) is 22.1. The molecule has 0 saturated carbocycles. The monoisotopic (exact) mass is 403 g/mol. The van der Waals surface area contributed by atoms with E-state index in [9.17, 15) is 9.90 Å². The second kappa shape index (κ2) is 8.20. The Morgan fingerprint density at radius 1 is 1.07 bits per heavy atom. The van der Waals surface area contributed by atoms with Crippen molar-refractivity contribution in [3.63, 3.8) is 0 Å². The molecule has 0 fully saturated rings. The van der Waals surface area contributed by atoms with E-state index in [0.29, 0.717) is 23.5 Å². The number of fused-ring (bicyclic) bond motifs is 1. The number of nitrogens with zero attached hydrogens (tertiary/aromatic N) is 1. The highest BCUT2D eigenvalue weighted by Gasteiger charge is 2.16. The Hall–Kier alpha value is -3.57. The van der Waals surface area contributed by atoms with E-state index in [1.54, 1.807) is 18.2 Å². The fourth-order valence-corrected chi connectivity index (χ4v) is 3.16. The predicted octanol–water partition coefficient (Wildman–Crippen LogP) is 4.78. The number of imidazole rings is 1. The molecule has 3 aromatic carbocycles. The zero-order chi connectivity index (χ0) is 20.2. The van der Waals surface area contributed by atoms with E-state index in [4.69, 9.17) is 11.6 Å². The SMILES string of the molecule is O=C(NCc1ccccc1)C(=Cc1ccc(O)c(Cl)c1)c1nc2ccccc2[nH]1. The second-order valence-electron chi connectivity index (χ2n) is 6.54. The lowest BCUT2D eigenvalue weighted by atomic mass is 10.1. The van der Waals surface area contributed by atoms with Crippen LogP contribution in [-0.4, -0.2) is 21.0 Å². The zero-order valence-electron chi connectivity index (χ0n) is 15.4. The first-order chi connectivity index (χ1) is 14.1. The molecule has 3 N–H and O–H groups in total. The molecule has 5 nitrogen and oxygen atoms in total. The number of aromatic hydroxyl groups is 1. The topological polar surface area (TPSA) is 78.0 Å². The average Bonchev–Trinajstić information content (AvgIpc) is 3.17. The molecule has 6 heteroatoms. The number of carbonyl (C=O) groups excluding carboxylic acids is 1. The number of phenolic OH excluding ortho intramolecular Hbond substituents is 1. The highest BCUT2D eigenvalue weighted by atomic mass is 35.5. The summed E-state index contributed by atoms with van der Waals surface area (Å²) >= 11 is 6.03. The Labute approximate surface area is 172 Å². The third-order valence-corrected chi connectivity index (χ3v) is 4.77. The van der Waals surface area contributed by atoms with Gasteiger partial charge in [0.15, 0.2) is 0 Å². The minimum atomic E-state index is -0.267. The molecule has 0 aliphatic heterocycles. The molecule has 4 rings (SSSR count). The van der Waals surface area contributed by atoms with E-state index in [-0.39, 0.29) is 16.7 Å². The van der Waals surface area contributed by atoms with Crippen molar-refractivity contribution < 1.29 is 9.90 Å². The van der Waals surface area contributed by atoms with Crippen molar-refractivity contribution in [3.8, 4) is 5.75 Å². The van der Waals surface area contributed by atoms with Crippen LogP contribution in [0.25, 0.3) is 22.7 Å². The van der Waals surface area contributed by atoms with Gasteiger partial charge in [-0.3, -0.25) is 4.79 Å². The molecule has 0 aliphatic carbocycles. The molecule has 1 aromatic heterocycles. The van der Waals surface area contributed by atoms with Gasteiger partial charge in [-0.2, -0.15) is 0 Å². The average molecular weight is 404 g/mol. The first kappa shape index (κ1) is 18.8. The van der Waals surface area contributed by atoms with Crippen molar-refractivity contribution in [2.24, 2.45) is 0 Å².